The van der Waals surface area contributed by atoms with E-state index in [0.29, 0.717) is 44.1 Å². The Morgan fingerprint density at radius 1 is 1.32 bits per heavy atom. The van der Waals surface area contributed by atoms with Gasteiger partial charge in [-0.15, -0.1) is 24.0 Å². The van der Waals surface area contributed by atoms with Crippen LogP contribution in [0.2, 0.25) is 0 Å². The van der Waals surface area contributed by atoms with Crippen molar-refractivity contribution in [1.29, 1.82) is 0 Å². The third kappa shape index (κ3) is 8.21. The van der Waals surface area contributed by atoms with Gasteiger partial charge in [0, 0.05) is 44.8 Å². The summed E-state index contributed by atoms with van der Waals surface area (Å²) in [5.74, 6) is 0.398. The average molecular weight is 513 g/mol. The minimum Gasteiger partial charge on any atom is -0.352 e. The second-order valence-corrected chi connectivity index (χ2v) is 6.47. The highest BCUT2D eigenvalue weighted by Crippen LogP contribution is 2.19. The Kier molecular flexibility index (Phi) is 10.0. The molecule has 1 aromatic rings. The number of benzene rings is 1. The van der Waals surface area contributed by atoms with Gasteiger partial charge >= 0.3 is 6.18 Å². The molecule has 0 spiro atoms. The van der Waals surface area contributed by atoms with Gasteiger partial charge in [0.25, 0.3) is 5.91 Å². The molecule has 1 aromatic carbocycles. The van der Waals surface area contributed by atoms with Crippen LogP contribution in [0.15, 0.2) is 29.3 Å². The SMILES string of the molecule is CCNC(=O)c1cccc(CNC(=NC)NC2CCN(CC(F)(F)F)C2)c1.I. The van der Waals surface area contributed by atoms with Gasteiger partial charge in [0.05, 0.1) is 6.54 Å². The molecule has 0 aromatic heterocycles. The summed E-state index contributed by atoms with van der Waals surface area (Å²) in [5, 5.41) is 9.05. The highest BCUT2D eigenvalue weighted by molar-refractivity contribution is 14.0. The highest BCUT2D eigenvalue weighted by Gasteiger charge is 2.34. The van der Waals surface area contributed by atoms with E-state index < -0.39 is 12.7 Å². The summed E-state index contributed by atoms with van der Waals surface area (Å²) >= 11 is 0. The van der Waals surface area contributed by atoms with E-state index in [4.69, 9.17) is 0 Å². The van der Waals surface area contributed by atoms with Gasteiger partial charge in [0.15, 0.2) is 5.96 Å². The van der Waals surface area contributed by atoms with Crippen molar-refractivity contribution in [3.05, 3.63) is 35.4 Å². The van der Waals surface area contributed by atoms with Crippen LogP contribution in [-0.4, -0.2) is 62.2 Å². The number of amides is 1. The zero-order valence-electron chi connectivity index (χ0n) is 16.0. The summed E-state index contributed by atoms with van der Waals surface area (Å²) < 4.78 is 37.4. The fourth-order valence-electron chi connectivity index (χ4n) is 3.01. The first-order valence-corrected chi connectivity index (χ1v) is 8.94. The molecule has 158 valence electrons. The number of carbonyl (C=O) groups is 1. The van der Waals surface area contributed by atoms with Gasteiger partial charge in [-0.1, -0.05) is 12.1 Å². The molecule has 1 unspecified atom stereocenters. The standard InChI is InChI=1S/C18H26F3N5O.HI/c1-3-23-16(27)14-6-4-5-13(9-14)10-24-17(22-2)25-15-7-8-26(11-15)12-18(19,20)21;/h4-6,9,15H,3,7-8,10-12H2,1-2H3,(H,23,27)(H2,22,24,25);1H. The fraction of sp³-hybridized carbons (Fsp3) is 0.556. The van der Waals surface area contributed by atoms with E-state index in [1.807, 2.05) is 19.1 Å². The summed E-state index contributed by atoms with van der Waals surface area (Å²) in [6, 6.07) is 7.16. The van der Waals surface area contributed by atoms with E-state index in [1.165, 1.54) is 4.90 Å². The van der Waals surface area contributed by atoms with Crippen molar-refractivity contribution in [2.45, 2.75) is 32.1 Å². The van der Waals surface area contributed by atoms with Gasteiger partial charge in [-0.05, 0) is 31.0 Å². The quantitative estimate of drug-likeness (QED) is 0.311. The topological polar surface area (TPSA) is 68.8 Å². The Labute approximate surface area is 180 Å². The molecule has 1 heterocycles. The molecule has 6 nitrogen and oxygen atoms in total. The van der Waals surface area contributed by atoms with E-state index >= 15 is 0 Å². The highest BCUT2D eigenvalue weighted by atomic mass is 127. The zero-order chi connectivity index (χ0) is 19.9. The predicted octanol–water partition coefficient (Wildman–Crippen LogP) is 2.36. The van der Waals surface area contributed by atoms with E-state index in [-0.39, 0.29) is 35.9 Å². The number of aliphatic imine (C=N–C) groups is 1. The third-order valence-electron chi connectivity index (χ3n) is 4.23. The molecular formula is C18H27F3IN5O. The van der Waals surface area contributed by atoms with Crippen molar-refractivity contribution in [1.82, 2.24) is 20.9 Å². The lowest BCUT2D eigenvalue weighted by molar-refractivity contribution is -0.143. The Morgan fingerprint density at radius 3 is 2.71 bits per heavy atom. The number of hydrogen-bond donors (Lipinski definition) is 3. The molecule has 0 radical (unpaired) electrons. The van der Waals surface area contributed by atoms with Crippen LogP contribution in [0, 0.1) is 0 Å². The molecule has 1 amide bonds. The molecule has 3 N–H and O–H groups in total. The first-order valence-electron chi connectivity index (χ1n) is 8.94. The van der Waals surface area contributed by atoms with Crippen LogP contribution in [0.5, 0.6) is 0 Å². The number of carbonyl (C=O) groups excluding carboxylic acids is 1. The van der Waals surface area contributed by atoms with Crippen LogP contribution in [0.4, 0.5) is 13.2 Å². The summed E-state index contributed by atoms with van der Waals surface area (Å²) in [6.07, 6.45) is -3.55. The number of alkyl halides is 3. The summed E-state index contributed by atoms with van der Waals surface area (Å²) in [5.41, 5.74) is 1.49. The number of nitrogens with one attached hydrogen (secondary N) is 3. The maximum Gasteiger partial charge on any atom is 0.401 e. The van der Waals surface area contributed by atoms with E-state index in [1.54, 1.807) is 19.2 Å². The lowest BCUT2D eigenvalue weighted by Crippen LogP contribution is -2.44. The molecule has 0 aliphatic carbocycles. The van der Waals surface area contributed by atoms with Crippen molar-refractivity contribution in [3.63, 3.8) is 0 Å². The van der Waals surface area contributed by atoms with Crippen molar-refractivity contribution < 1.29 is 18.0 Å². The van der Waals surface area contributed by atoms with Crippen LogP contribution in [0.3, 0.4) is 0 Å². The molecule has 0 saturated carbocycles. The first-order chi connectivity index (χ1) is 12.8. The van der Waals surface area contributed by atoms with Gasteiger partial charge in [0.1, 0.15) is 0 Å². The van der Waals surface area contributed by atoms with Crippen LogP contribution in [0.1, 0.15) is 29.3 Å². The predicted molar refractivity (Wildman–Crippen MR) is 114 cm³/mol. The lowest BCUT2D eigenvalue weighted by atomic mass is 10.1. The van der Waals surface area contributed by atoms with Crippen LogP contribution in [-0.2, 0) is 6.54 Å². The number of hydrogen-bond acceptors (Lipinski definition) is 3. The molecule has 1 aliphatic heterocycles. The second-order valence-electron chi connectivity index (χ2n) is 6.47. The third-order valence-corrected chi connectivity index (χ3v) is 4.23. The number of halogens is 4. The monoisotopic (exact) mass is 513 g/mol. The second kappa shape index (κ2) is 11.4. The maximum atomic E-state index is 12.5. The van der Waals surface area contributed by atoms with Crippen LogP contribution in [0.25, 0.3) is 0 Å². The smallest absolute Gasteiger partial charge is 0.352 e. The lowest BCUT2D eigenvalue weighted by Gasteiger charge is -2.20. The molecule has 1 saturated heterocycles. The van der Waals surface area contributed by atoms with Crippen molar-refractivity contribution in [2.75, 3.05) is 33.2 Å². The first kappa shape index (κ1) is 24.5. The normalized spacial score (nSPS) is 17.8. The Bertz CT molecular complexity index is 669. The fourth-order valence-corrected chi connectivity index (χ4v) is 3.01. The number of likely N-dealkylation sites (tertiary alicyclic amines) is 1. The average Bonchev–Trinajstić information content (AvgIpc) is 3.04. The van der Waals surface area contributed by atoms with Gasteiger partial charge in [-0.25, -0.2) is 0 Å². The van der Waals surface area contributed by atoms with Gasteiger partial charge in [-0.2, -0.15) is 13.2 Å². The van der Waals surface area contributed by atoms with Crippen molar-refractivity contribution in [3.8, 4) is 0 Å². The Hall–Kier alpha value is -1.56. The van der Waals surface area contributed by atoms with E-state index in [9.17, 15) is 18.0 Å². The molecule has 10 heteroatoms. The molecule has 0 bridgehead atoms. The molecule has 28 heavy (non-hydrogen) atoms. The van der Waals surface area contributed by atoms with Crippen molar-refractivity contribution in [2.24, 2.45) is 4.99 Å². The van der Waals surface area contributed by atoms with Crippen LogP contribution >= 0.6 is 24.0 Å². The Morgan fingerprint density at radius 2 is 2.07 bits per heavy atom. The molecule has 2 rings (SSSR count). The Balaban J connectivity index is 0.00000392. The van der Waals surface area contributed by atoms with Crippen LogP contribution < -0.4 is 16.0 Å². The zero-order valence-corrected chi connectivity index (χ0v) is 18.3. The van der Waals surface area contributed by atoms with E-state index in [2.05, 4.69) is 20.9 Å². The largest absolute Gasteiger partial charge is 0.401 e. The number of rotatable bonds is 6. The van der Waals surface area contributed by atoms with Gasteiger partial charge in [0.2, 0.25) is 0 Å². The van der Waals surface area contributed by atoms with Gasteiger partial charge < -0.3 is 16.0 Å². The molecular weight excluding hydrogens is 486 g/mol. The maximum absolute atomic E-state index is 12.5. The molecule has 1 fully saturated rings. The van der Waals surface area contributed by atoms with E-state index in [0.717, 1.165) is 5.56 Å². The summed E-state index contributed by atoms with van der Waals surface area (Å²) in [6.45, 7) is 2.72. The number of nitrogens with zero attached hydrogens (tertiary/aromatic N) is 2. The van der Waals surface area contributed by atoms with Crippen molar-refractivity contribution >= 4 is 35.8 Å². The van der Waals surface area contributed by atoms with Gasteiger partial charge in [-0.3, -0.25) is 14.7 Å². The number of guanidine groups is 1. The summed E-state index contributed by atoms with van der Waals surface area (Å²) in [4.78, 5) is 17.4. The molecule has 1 atom stereocenters. The minimum absolute atomic E-state index is 0. The summed E-state index contributed by atoms with van der Waals surface area (Å²) in [7, 11) is 1.61. The minimum atomic E-state index is -4.18. The molecule has 1 aliphatic rings.